The molecule has 1 saturated heterocycles. The van der Waals surface area contributed by atoms with E-state index in [1.54, 1.807) is 0 Å². The van der Waals surface area contributed by atoms with Crippen LogP contribution in [0.3, 0.4) is 0 Å². The molecule has 1 aliphatic carbocycles. The molecule has 2 aliphatic rings. The Morgan fingerprint density at radius 1 is 0.957 bits per heavy atom. The van der Waals surface area contributed by atoms with E-state index in [1.165, 1.54) is 37.5 Å². The Balaban J connectivity index is 1.56. The number of benzene rings is 2. The Labute approximate surface area is 137 Å². The van der Waals surface area contributed by atoms with Crippen molar-refractivity contribution >= 4 is 22.5 Å². The molecule has 1 aliphatic heterocycles. The molecule has 2 aromatic carbocycles. The van der Waals surface area contributed by atoms with Gasteiger partial charge < -0.3 is 10.2 Å². The summed E-state index contributed by atoms with van der Waals surface area (Å²) < 4.78 is 0. The first-order valence-electron chi connectivity index (χ1n) is 8.88. The zero-order valence-corrected chi connectivity index (χ0v) is 13.5. The molecule has 0 spiro atoms. The van der Waals surface area contributed by atoms with Crippen LogP contribution < -0.4 is 5.32 Å². The number of urea groups is 1. The Bertz CT molecular complexity index is 704. The van der Waals surface area contributed by atoms with Gasteiger partial charge in [-0.25, -0.2) is 4.79 Å². The first kappa shape index (κ1) is 14.6. The molecule has 1 saturated carbocycles. The van der Waals surface area contributed by atoms with Crippen LogP contribution in [0.2, 0.25) is 0 Å². The van der Waals surface area contributed by atoms with Gasteiger partial charge in [-0.2, -0.15) is 0 Å². The summed E-state index contributed by atoms with van der Waals surface area (Å²) in [5.41, 5.74) is 0.922. The van der Waals surface area contributed by atoms with Crippen LogP contribution in [0.25, 0.3) is 10.8 Å². The fourth-order valence-electron chi connectivity index (χ4n) is 4.40. The number of fused-ring (bicyclic) bond motifs is 2. The average molecular weight is 308 g/mol. The van der Waals surface area contributed by atoms with Gasteiger partial charge >= 0.3 is 6.03 Å². The first-order chi connectivity index (χ1) is 11.3. The number of carbonyl (C=O) groups excluding carboxylic acids is 1. The average Bonchev–Trinajstić information content (AvgIpc) is 2.61. The van der Waals surface area contributed by atoms with Crippen LogP contribution in [-0.4, -0.2) is 23.5 Å². The van der Waals surface area contributed by atoms with Gasteiger partial charge in [0.15, 0.2) is 0 Å². The number of nitrogens with one attached hydrogen (secondary N) is 1. The molecule has 2 aromatic rings. The number of piperidine rings is 1. The lowest BCUT2D eigenvalue weighted by molar-refractivity contribution is 0.0910. The van der Waals surface area contributed by atoms with E-state index >= 15 is 0 Å². The molecular formula is C20H24N2O. The Morgan fingerprint density at radius 3 is 2.70 bits per heavy atom. The van der Waals surface area contributed by atoms with Gasteiger partial charge in [-0.3, -0.25) is 0 Å². The number of rotatable bonds is 1. The second-order valence-electron chi connectivity index (χ2n) is 6.90. The van der Waals surface area contributed by atoms with Crippen molar-refractivity contribution in [3.63, 3.8) is 0 Å². The van der Waals surface area contributed by atoms with Gasteiger partial charge in [0.05, 0.1) is 5.69 Å². The van der Waals surface area contributed by atoms with Crippen LogP contribution in [-0.2, 0) is 0 Å². The maximum atomic E-state index is 12.9. The topological polar surface area (TPSA) is 32.3 Å². The van der Waals surface area contributed by atoms with Crippen LogP contribution >= 0.6 is 0 Å². The minimum Gasteiger partial charge on any atom is -0.321 e. The van der Waals surface area contributed by atoms with E-state index in [1.807, 2.05) is 24.3 Å². The fourth-order valence-corrected chi connectivity index (χ4v) is 4.40. The van der Waals surface area contributed by atoms with Gasteiger partial charge in [-0.05, 0) is 43.1 Å². The highest BCUT2D eigenvalue weighted by Crippen LogP contribution is 2.35. The monoisotopic (exact) mass is 308 g/mol. The predicted octanol–water partition coefficient (Wildman–Crippen LogP) is 5.03. The standard InChI is InChI=1S/C20H24N2O/c23-20(22-14-6-10-16-8-2-4-13-19(16)22)21-18-12-5-9-15-7-1-3-11-17(15)18/h1,3,5,7,9,11-12,16,19H,2,4,6,8,10,13-14H2,(H,21,23)/t16-,19-/m0/s1. The van der Waals surface area contributed by atoms with Gasteiger partial charge in [0.25, 0.3) is 0 Å². The van der Waals surface area contributed by atoms with Crippen LogP contribution in [0.4, 0.5) is 10.5 Å². The quantitative estimate of drug-likeness (QED) is 0.787. The molecule has 2 atom stereocenters. The third-order valence-electron chi connectivity index (χ3n) is 5.54. The van der Waals surface area contributed by atoms with Gasteiger partial charge in [-0.1, -0.05) is 49.2 Å². The summed E-state index contributed by atoms with van der Waals surface area (Å²) in [5.74, 6) is 0.718. The molecule has 0 aromatic heterocycles. The smallest absolute Gasteiger partial charge is 0.321 e. The van der Waals surface area contributed by atoms with Crippen molar-refractivity contribution in [2.45, 2.75) is 44.6 Å². The van der Waals surface area contributed by atoms with Crippen molar-refractivity contribution in [1.29, 1.82) is 0 Å². The molecule has 3 nitrogen and oxygen atoms in total. The highest BCUT2D eigenvalue weighted by molar-refractivity contribution is 6.01. The molecule has 2 fully saturated rings. The molecule has 23 heavy (non-hydrogen) atoms. The first-order valence-corrected chi connectivity index (χ1v) is 8.88. The second kappa shape index (κ2) is 6.23. The summed E-state index contributed by atoms with van der Waals surface area (Å²) in [6, 6.07) is 14.9. The molecule has 2 amide bonds. The third kappa shape index (κ3) is 2.80. The highest BCUT2D eigenvalue weighted by Gasteiger charge is 2.35. The van der Waals surface area contributed by atoms with E-state index in [0.29, 0.717) is 6.04 Å². The Morgan fingerprint density at radius 2 is 1.74 bits per heavy atom. The number of carbonyl (C=O) groups is 1. The minimum absolute atomic E-state index is 0.0814. The number of nitrogens with zero attached hydrogens (tertiary/aromatic N) is 1. The normalized spacial score (nSPS) is 24.3. The summed E-state index contributed by atoms with van der Waals surface area (Å²) in [6.45, 7) is 0.901. The van der Waals surface area contributed by atoms with Crippen LogP contribution in [0.5, 0.6) is 0 Å². The molecule has 3 heteroatoms. The molecule has 1 heterocycles. The molecule has 0 unspecified atom stereocenters. The van der Waals surface area contributed by atoms with E-state index < -0.39 is 0 Å². The Hall–Kier alpha value is -2.03. The summed E-state index contributed by atoms with van der Waals surface area (Å²) in [6.07, 6.45) is 7.50. The van der Waals surface area contributed by atoms with Crippen molar-refractivity contribution in [1.82, 2.24) is 4.90 Å². The molecular weight excluding hydrogens is 284 g/mol. The van der Waals surface area contributed by atoms with Crippen molar-refractivity contribution in [2.24, 2.45) is 5.92 Å². The number of hydrogen-bond donors (Lipinski definition) is 1. The lowest BCUT2D eigenvalue weighted by Gasteiger charge is -2.44. The van der Waals surface area contributed by atoms with Crippen LogP contribution in [0.1, 0.15) is 38.5 Å². The van der Waals surface area contributed by atoms with E-state index in [2.05, 4.69) is 28.4 Å². The highest BCUT2D eigenvalue weighted by atomic mass is 16.2. The lowest BCUT2D eigenvalue weighted by atomic mass is 9.78. The Kier molecular flexibility index (Phi) is 3.94. The summed E-state index contributed by atoms with van der Waals surface area (Å²) in [5, 5.41) is 5.45. The van der Waals surface area contributed by atoms with E-state index in [4.69, 9.17) is 0 Å². The predicted molar refractivity (Wildman–Crippen MR) is 94.7 cm³/mol. The van der Waals surface area contributed by atoms with Crippen LogP contribution in [0, 0.1) is 5.92 Å². The molecule has 4 rings (SSSR count). The maximum Gasteiger partial charge on any atom is 0.322 e. The second-order valence-corrected chi connectivity index (χ2v) is 6.90. The van der Waals surface area contributed by atoms with Crippen molar-refractivity contribution < 1.29 is 4.79 Å². The maximum absolute atomic E-state index is 12.9. The summed E-state index contributed by atoms with van der Waals surface area (Å²) >= 11 is 0. The van der Waals surface area contributed by atoms with Gasteiger partial charge in [-0.15, -0.1) is 0 Å². The molecule has 0 radical (unpaired) electrons. The number of likely N-dealkylation sites (tertiary alicyclic amines) is 1. The van der Waals surface area contributed by atoms with E-state index in [9.17, 15) is 4.79 Å². The number of anilines is 1. The van der Waals surface area contributed by atoms with Gasteiger partial charge in [0.1, 0.15) is 0 Å². The SMILES string of the molecule is O=C(Nc1cccc2ccccc12)N1CCC[C@@H]2CCCC[C@@H]21. The van der Waals surface area contributed by atoms with Crippen LogP contribution in [0.15, 0.2) is 42.5 Å². The third-order valence-corrected chi connectivity index (χ3v) is 5.54. The summed E-state index contributed by atoms with van der Waals surface area (Å²) in [7, 11) is 0. The minimum atomic E-state index is 0.0814. The van der Waals surface area contributed by atoms with Crippen molar-refractivity contribution in [3.8, 4) is 0 Å². The van der Waals surface area contributed by atoms with Crippen molar-refractivity contribution in [2.75, 3.05) is 11.9 Å². The van der Waals surface area contributed by atoms with Gasteiger partial charge in [0.2, 0.25) is 0 Å². The van der Waals surface area contributed by atoms with E-state index in [0.717, 1.165) is 30.0 Å². The number of amides is 2. The fraction of sp³-hybridized carbons (Fsp3) is 0.450. The number of hydrogen-bond acceptors (Lipinski definition) is 1. The summed E-state index contributed by atoms with van der Waals surface area (Å²) in [4.78, 5) is 15.0. The zero-order valence-electron chi connectivity index (χ0n) is 13.5. The lowest BCUT2D eigenvalue weighted by Crippen LogP contribution is -2.51. The molecule has 1 N–H and O–H groups in total. The van der Waals surface area contributed by atoms with Crippen molar-refractivity contribution in [3.05, 3.63) is 42.5 Å². The largest absolute Gasteiger partial charge is 0.322 e. The molecule has 0 bridgehead atoms. The zero-order chi connectivity index (χ0) is 15.6. The van der Waals surface area contributed by atoms with Gasteiger partial charge in [0, 0.05) is 18.0 Å². The molecule has 120 valence electrons. The van der Waals surface area contributed by atoms with E-state index in [-0.39, 0.29) is 6.03 Å².